The van der Waals surface area contributed by atoms with Gasteiger partial charge in [0, 0.05) is 12.1 Å². The van der Waals surface area contributed by atoms with Crippen LogP contribution < -0.4 is 20.1 Å². The van der Waals surface area contributed by atoms with Gasteiger partial charge in [-0.2, -0.15) is 0 Å². The van der Waals surface area contributed by atoms with Crippen molar-refractivity contribution >= 4 is 29.9 Å². The normalized spacial score (nSPS) is 10.7. The molecule has 0 fully saturated rings. The number of hydrogen-bond donors (Lipinski definition) is 3. The lowest BCUT2D eigenvalue weighted by Gasteiger charge is -2.13. The Morgan fingerprint density at radius 3 is 2.52 bits per heavy atom. The van der Waals surface area contributed by atoms with Crippen LogP contribution in [0.5, 0.6) is 17.2 Å². The fourth-order valence-electron chi connectivity index (χ4n) is 2.34. The molecule has 0 amide bonds. The van der Waals surface area contributed by atoms with Gasteiger partial charge in [0.2, 0.25) is 0 Å². The van der Waals surface area contributed by atoms with Crippen molar-refractivity contribution in [3.63, 3.8) is 0 Å². The summed E-state index contributed by atoms with van der Waals surface area (Å²) in [6, 6.07) is 13.3. The number of nitrogens with one attached hydrogen (secondary N) is 2. The van der Waals surface area contributed by atoms with Crippen molar-refractivity contribution in [3.8, 4) is 17.2 Å². The molecule has 0 heterocycles. The third kappa shape index (κ3) is 7.54. The van der Waals surface area contributed by atoms with E-state index in [1.165, 1.54) is 12.7 Å². The number of halogens is 1. The third-order valence-corrected chi connectivity index (χ3v) is 3.74. The number of ether oxygens (including phenoxy) is 2. The second-order valence-electron chi connectivity index (χ2n) is 5.75. The Balaban J connectivity index is 0.00000364. The van der Waals surface area contributed by atoms with E-state index in [1.54, 1.807) is 6.07 Å². The lowest BCUT2D eigenvalue weighted by atomic mass is 10.2. The molecule has 0 bridgehead atoms. The first-order valence-corrected chi connectivity index (χ1v) is 8.70. The van der Waals surface area contributed by atoms with Crippen LogP contribution in [0.1, 0.15) is 18.1 Å². The zero-order chi connectivity index (χ0) is 18.8. The van der Waals surface area contributed by atoms with Gasteiger partial charge in [0.25, 0.3) is 0 Å². The van der Waals surface area contributed by atoms with E-state index < -0.39 is 0 Å². The quantitative estimate of drug-likeness (QED) is 0.231. The van der Waals surface area contributed by atoms with E-state index in [1.807, 2.05) is 50.2 Å². The summed E-state index contributed by atoms with van der Waals surface area (Å²) in [6.45, 7) is 6.28. The molecule has 7 heteroatoms. The van der Waals surface area contributed by atoms with E-state index in [2.05, 4.69) is 15.6 Å². The molecule has 27 heavy (non-hydrogen) atoms. The van der Waals surface area contributed by atoms with E-state index >= 15 is 0 Å². The number of methoxy groups -OCH3 is 1. The minimum absolute atomic E-state index is 0. The molecule has 0 aromatic heterocycles. The number of phenolic OH excluding ortho intramolecular Hbond substituents is 1. The molecule has 148 valence electrons. The van der Waals surface area contributed by atoms with Crippen molar-refractivity contribution in [2.24, 2.45) is 4.99 Å². The molecule has 0 saturated carbocycles. The summed E-state index contributed by atoms with van der Waals surface area (Å²) < 4.78 is 10.8. The molecule has 0 aliphatic heterocycles. The highest BCUT2D eigenvalue weighted by molar-refractivity contribution is 14.0. The van der Waals surface area contributed by atoms with E-state index in [-0.39, 0.29) is 29.7 Å². The molecular weight excluding hydrogens is 457 g/mol. The van der Waals surface area contributed by atoms with Gasteiger partial charge in [-0.3, -0.25) is 0 Å². The number of aliphatic imine (C=N–C) groups is 1. The van der Waals surface area contributed by atoms with Gasteiger partial charge < -0.3 is 25.2 Å². The van der Waals surface area contributed by atoms with Crippen molar-refractivity contribution in [1.82, 2.24) is 10.6 Å². The molecule has 0 saturated heterocycles. The lowest BCUT2D eigenvalue weighted by molar-refractivity contribution is 0.322. The SMILES string of the molecule is CCNC(=NCc1cccc(OC)c1O)NCCOc1ccc(C)cc1.I. The largest absolute Gasteiger partial charge is 0.504 e. The number of aryl methyl sites for hydroxylation is 1. The molecule has 0 aliphatic rings. The predicted molar refractivity (Wildman–Crippen MR) is 120 cm³/mol. The van der Waals surface area contributed by atoms with Crippen molar-refractivity contribution in [2.45, 2.75) is 20.4 Å². The van der Waals surface area contributed by atoms with Crippen LogP contribution in [0.3, 0.4) is 0 Å². The second-order valence-corrected chi connectivity index (χ2v) is 5.75. The highest BCUT2D eigenvalue weighted by atomic mass is 127. The van der Waals surface area contributed by atoms with Crippen LogP contribution in [0.25, 0.3) is 0 Å². The van der Waals surface area contributed by atoms with Crippen LogP contribution in [0, 0.1) is 6.92 Å². The van der Waals surface area contributed by atoms with Gasteiger partial charge in [0.1, 0.15) is 12.4 Å². The van der Waals surface area contributed by atoms with E-state index in [0.717, 1.165) is 12.3 Å². The Bertz CT molecular complexity index is 721. The van der Waals surface area contributed by atoms with Gasteiger partial charge >= 0.3 is 0 Å². The maximum absolute atomic E-state index is 10.1. The lowest BCUT2D eigenvalue weighted by Crippen LogP contribution is -2.39. The summed E-state index contributed by atoms with van der Waals surface area (Å²) in [4.78, 5) is 4.50. The number of phenols is 1. The number of aromatic hydroxyl groups is 1. The van der Waals surface area contributed by atoms with Crippen LogP contribution in [0.2, 0.25) is 0 Å². The summed E-state index contributed by atoms with van der Waals surface area (Å²) in [5.74, 6) is 2.09. The molecule has 0 atom stereocenters. The van der Waals surface area contributed by atoms with Crippen LogP contribution in [-0.2, 0) is 6.54 Å². The molecule has 3 N–H and O–H groups in total. The third-order valence-electron chi connectivity index (χ3n) is 3.74. The zero-order valence-electron chi connectivity index (χ0n) is 16.0. The number of guanidine groups is 1. The van der Waals surface area contributed by atoms with Gasteiger partial charge in [-0.25, -0.2) is 4.99 Å². The monoisotopic (exact) mass is 485 g/mol. The van der Waals surface area contributed by atoms with Crippen molar-refractivity contribution in [3.05, 3.63) is 53.6 Å². The maximum atomic E-state index is 10.1. The van der Waals surface area contributed by atoms with Crippen LogP contribution >= 0.6 is 24.0 Å². The molecular formula is C20H28IN3O3. The Kier molecular flexibility index (Phi) is 10.4. The Labute approximate surface area is 178 Å². The summed E-state index contributed by atoms with van der Waals surface area (Å²) >= 11 is 0. The average Bonchev–Trinajstić information content (AvgIpc) is 2.65. The highest BCUT2D eigenvalue weighted by Gasteiger charge is 2.07. The number of hydrogen-bond acceptors (Lipinski definition) is 4. The minimum Gasteiger partial charge on any atom is -0.504 e. The number of nitrogens with zero attached hydrogens (tertiary/aromatic N) is 1. The Morgan fingerprint density at radius 1 is 1.11 bits per heavy atom. The number of rotatable bonds is 8. The first kappa shape index (κ1) is 22.9. The molecule has 6 nitrogen and oxygen atoms in total. The summed E-state index contributed by atoms with van der Waals surface area (Å²) in [5.41, 5.74) is 1.91. The van der Waals surface area contributed by atoms with Gasteiger partial charge in [-0.05, 0) is 32.0 Å². The number of para-hydroxylation sites is 1. The fraction of sp³-hybridized carbons (Fsp3) is 0.350. The Morgan fingerprint density at radius 2 is 1.85 bits per heavy atom. The van der Waals surface area contributed by atoms with E-state index in [0.29, 0.717) is 37.0 Å². The van der Waals surface area contributed by atoms with Crippen LogP contribution in [-0.4, -0.2) is 37.9 Å². The maximum Gasteiger partial charge on any atom is 0.191 e. The summed E-state index contributed by atoms with van der Waals surface area (Å²) in [5, 5.41) is 16.5. The van der Waals surface area contributed by atoms with Crippen molar-refractivity contribution in [2.75, 3.05) is 26.8 Å². The zero-order valence-corrected chi connectivity index (χ0v) is 18.3. The molecule has 0 aliphatic carbocycles. The minimum atomic E-state index is 0. The standard InChI is InChI=1S/C20H27N3O3.HI/c1-4-21-20(22-12-13-26-17-10-8-15(2)9-11-17)23-14-16-6-5-7-18(25-3)19(16)24;/h5-11,24H,4,12-14H2,1-3H3,(H2,21,22,23);1H. The van der Waals surface area contributed by atoms with Crippen molar-refractivity contribution in [1.29, 1.82) is 0 Å². The number of benzene rings is 2. The van der Waals surface area contributed by atoms with Gasteiger partial charge in [0.05, 0.1) is 20.2 Å². The van der Waals surface area contributed by atoms with Crippen LogP contribution in [0.15, 0.2) is 47.5 Å². The van der Waals surface area contributed by atoms with Gasteiger partial charge in [0.15, 0.2) is 17.5 Å². The van der Waals surface area contributed by atoms with E-state index in [9.17, 15) is 5.11 Å². The topological polar surface area (TPSA) is 75.1 Å². The molecule has 2 rings (SSSR count). The molecule has 2 aromatic carbocycles. The predicted octanol–water partition coefficient (Wildman–Crippen LogP) is 3.46. The van der Waals surface area contributed by atoms with E-state index in [4.69, 9.17) is 9.47 Å². The van der Waals surface area contributed by atoms with Crippen molar-refractivity contribution < 1.29 is 14.6 Å². The smallest absolute Gasteiger partial charge is 0.191 e. The molecule has 2 aromatic rings. The molecule has 0 spiro atoms. The highest BCUT2D eigenvalue weighted by Crippen LogP contribution is 2.29. The second kappa shape index (κ2) is 12.3. The first-order valence-electron chi connectivity index (χ1n) is 8.70. The molecule has 0 radical (unpaired) electrons. The Hall–Kier alpha value is -2.16. The first-order chi connectivity index (χ1) is 12.6. The molecule has 0 unspecified atom stereocenters. The summed E-state index contributed by atoms with van der Waals surface area (Å²) in [6.07, 6.45) is 0. The van der Waals surface area contributed by atoms with Gasteiger partial charge in [-0.1, -0.05) is 29.8 Å². The van der Waals surface area contributed by atoms with Gasteiger partial charge in [-0.15, -0.1) is 24.0 Å². The summed E-state index contributed by atoms with van der Waals surface area (Å²) in [7, 11) is 1.53. The van der Waals surface area contributed by atoms with Crippen LogP contribution in [0.4, 0.5) is 0 Å². The average molecular weight is 485 g/mol. The fourth-order valence-corrected chi connectivity index (χ4v) is 2.34.